The Kier molecular flexibility index (Phi) is 5.05. The van der Waals surface area contributed by atoms with Gasteiger partial charge in [0.15, 0.2) is 6.10 Å². The van der Waals surface area contributed by atoms with Crippen LogP contribution in [0.5, 0.6) is 5.75 Å². The van der Waals surface area contributed by atoms with Crippen LogP contribution in [0.25, 0.3) is 0 Å². The number of hydrogen-bond donors (Lipinski definition) is 2. The minimum Gasteiger partial charge on any atom is -0.479 e. The van der Waals surface area contributed by atoms with Crippen LogP contribution >= 0.6 is 23.2 Å². The van der Waals surface area contributed by atoms with Gasteiger partial charge in [-0.1, -0.05) is 23.2 Å². The largest absolute Gasteiger partial charge is 0.479 e. The number of aliphatic carboxylic acids is 1. The van der Waals surface area contributed by atoms with Gasteiger partial charge < -0.3 is 15.6 Å². The topological polar surface area (TPSA) is 72.5 Å². The van der Waals surface area contributed by atoms with Crippen molar-refractivity contribution in [3.8, 4) is 5.75 Å². The Bertz CT molecular complexity index is 423. The molecule has 1 aromatic rings. The normalized spacial score (nSPS) is 12.2. The zero-order chi connectivity index (χ0) is 13.0. The zero-order valence-electron chi connectivity index (χ0n) is 9.24. The summed E-state index contributed by atoms with van der Waals surface area (Å²) < 4.78 is 5.30. The number of nitrogens with two attached hydrogens (primary N) is 1. The van der Waals surface area contributed by atoms with E-state index in [-0.39, 0.29) is 5.02 Å². The second-order valence-corrected chi connectivity index (χ2v) is 4.36. The summed E-state index contributed by atoms with van der Waals surface area (Å²) in [7, 11) is 0. The van der Waals surface area contributed by atoms with Crippen LogP contribution < -0.4 is 10.5 Å². The van der Waals surface area contributed by atoms with Gasteiger partial charge in [-0.25, -0.2) is 4.79 Å². The summed E-state index contributed by atoms with van der Waals surface area (Å²) in [4.78, 5) is 10.7. The van der Waals surface area contributed by atoms with E-state index in [1.54, 1.807) is 6.07 Å². The fraction of sp³-hybridized carbons (Fsp3) is 0.364. The molecule has 0 aliphatic heterocycles. The predicted molar refractivity (Wildman–Crippen MR) is 66.9 cm³/mol. The predicted octanol–water partition coefficient (Wildman–Crippen LogP) is 2.35. The molecule has 94 valence electrons. The quantitative estimate of drug-likeness (QED) is 0.867. The summed E-state index contributed by atoms with van der Waals surface area (Å²) in [6, 6.07) is 3.18. The van der Waals surface area contributed by atoms with Gasteiger partial charge in [-0.05, 0) is 37.6 Å². The molecular weight excluding hydrogens is 265 g/mol. The molecule has 1 atom stereocenters. The molecule has 0 saturated carbocycles. The van der Waals surface area contributed by atoms with Crippen molar-refractivity contribution in [3.05, 3.63) is 27.7 Å². The van der Waals surface area contributed by atoms with E-state index in [4.69, 9.17) is 38.8 Å². The first-order valence-corrected chi connectivity index (χ1v) is 5.78. The average molecular weight is 278 g/mol. The fourth-order valence-electron chi connectivity index (χ4n) is 1.31. The lowest BCUT2D eigenvalue weighted by Gasteiger charge is -2.16. The number of rotatable bonds is 5. The van der Waals surface area contributed by atoms with Crippen molar-refractivity contribution in [3.63, 3.8) is 0 Å². The van der Waals surface area contributed by atoms with Crippen LogP contribution in [0, 0.1) is 0 Å². The van der Waals surface area contributed by atoms with Crippen LogP contribution in [-0.2, 0) is 11.2 Å². The number of ether oxygens (including phenoxy) is 1. The van der Waals surface area contributed by atoms with Gasteiger partial charge >= 0.3 is 5.97 Å². The summed E-state index contributed by atoms with van der Waals surface area (Å²) >= 11 is 11.8. The van der Waals surface area contributed by atoms with E-state index in [9.17, 15) is 4.79 Å². The molecule has 6 heteroatoms. The molecule has 1 unspecified atom stereocenters. The molecule has 0 radical (unpaired) electrons. The lowest BCUT2D eigenvalue weighted by Crippen LogP contribution is -2.23. The van der Waals surface area contributed by atoms with E-state index in [2.05, 4.69) is 0 Å². The van der Waals surface area contributed by atoms with Crippen molar-refractivity contribution in [2.75, 3.05) is 6.54 Å². The highest BCUT2D eigenvalue weighted by Gasteiger charge is 2.17. The van der Waals surface area contributed by atoms with Crippen molar-refractivity contribution in [2.45, 2.75) is 19.4 Å². The third kappa shape index (κ3) is 3.77. The van der Waals surface area contributed by atoms with Gasteiger partial charge in [0, 0.05) is 5.02 Å². The number of carboxylic acid groups (broad SMARTS) is 1. The van der Waals surface area contributed by atoms with Crippen LogP contribution in [-0.4, -0.2) is 23.7 Å². The van der Waals surface area contributed by atoms with Crippen LogP contribution in [0.4, 0.5) is 0 Å². The van der Waals surface area contributed by atoms with Crippen molar-refractivity contribution in [1.82, 2.24) is 0 Å². The lowest BCUT2D eigenvalue weighted by molar-refractivity contribution is -0.144. The molecule has 0 saturated heterocycles. The molecule has 0 bridgehead atoms. The van der Waals surface area contributed by atoms with Crippen LogP contribution in [0.15, 0.2) is 12.1 Å². The first-order valence-electron chi connectivity index (χ1n) is 5.03. The maximum atomic E-state index is 10.7. The first-order chi connectivity index (χ1) is 7.95. The molecule has 1 rings (SSSR count). The molecule has 1 aromatic carbocycles. The van der Waals surface area contributed by atoms with Gasteiger partial charge in [0.2, 0.25) is 0 Å². The molecule has 0 spiro atoms. The van der Waals surface area contributed by atoms with Crippen LogP contribution in [0.1, 0.15) is 12.5 Å². The third-order valence-corrected chi connectivity index (χ3v) is 2.64. The number of halogens is 2. The Balaban J connectivity index is 3.07. The molecule has 0 amide bonds. The SMILES string of the molecule is CC(Oc1c(Cl)cc(Cl)cc1CCN)C(=O)O. The van der Waals surface area contributed by atoms with E-state index < -0.39 is 12.1 Å². The average Bonchev–Trinajstić information content (AvgIpc) is 2.23. The van der Waals surface area contributed by atoms with E-state index in [0.717, 1.165) is 0 Å². The smallest absolute Gasteiger partial charge is 0.344 e. The van der Waals surface area contributed by atoms with E-state index >= 15 is 0 Å². The Hall–Kier alpha value is -0.970. The summed E-state index contributed by atoms with van der Waals surface area (Å²) in [5.41, 5.74) is 6.17. The Morgan fingerprint density at radius 2 is 2.18 bits per heavy atom. The Morgan fingerprint density at radius 1 is 1.53 bits per heavy atom. The van der Waals surface area contributed by atoms with E-state index in [1.165, 1.54) is 13.0 Å². The first kappa shape index (κ1) is 14.1. The molecular formula is C11H13Cl2NO3. The Morgan fingerprint density at radius 3 is 2.71 bits per heavy atom. The second-order valence-electron chi connectivity index (χ2n) is 3.51. The number of carboxylic acids is 1. The standard InChI is InChI=1S/C11H13Cl2NO3/c1-6(11(15)16)17-10-7(2-3-14)4-8(12)5-9(10)13/h4-6H,2-3,14H2,1H3,(H,15,16). The van der Waals surface area contributed by atoms with E-state index in [1.807, 2.05) is 0 Å². The fourth-order valence-corrected chi connectivity index (χ4v) is 1.89. The monoisotopic (exact) mass is 277 g/mol. The Labute approximate surface area is 109 Å². The number of hydrogen-bond acceptors (Lipinski definition) is 3. The molecule has 0 aromatic heterocycles. The van der Waals surface area contributed by atoms with Crippen molar-refractivity contribution in [1.29, 1.82) is 0 Å². The minimum atomic E-state index is -1.06. The van der Waals surface area contributed by atoms with E-state index in [0.29, 0.717) is 29.3 Å². The van der Waals surface area contributed by atoms with Crippen LogP contribution in [0.3, 0.4) is 0 Å². The highest BCUT2D eigenvalue weighted by Crippen LogP contribution is 2.33. The maximum Gasteiger partial charge on any atom is 0.344 e. The molecule has 0 aliphatic carbocycles. The summed E-state index contributed by atoms with van der Waals surface area (Å²) in [6.45, 7) is 1.83. The molecule has 0 heterocycles. The van der Waals surface area contributed by atoms with Gasteiger partial charge in [0.1, 0.15) is 5.75 Å². The highest BCUT2D eigenvalue weighted by atomic mass is 35.5. The lowest BCUT2D eigenvalue weighted by atomic mass is 10.1. The molecule has 3 N–H and O–H groups in total. The van der Waals surface area contributed by atoms with Gasteiger partial charge in [0.25, 0.3) is 0 Å². The molecule has 4 nitrogen and oxygen atoms in total. The zero-order valence-corrected chi connectivity index (χ0v) is 10.8. The van der Waals surface area contributed by atoms with Crippen molar-refractivity contribution >= 4 is 29.2 Å². The summed E-state index contributed by atoms with van der Waals surface area (Å²) in [5, 5.41) is 9.54. The number of benzene rings is 1. The van der Waals surface area contributed by atoms with Crippen molar-refractivity contribution in [2.24, 2.45) is 5.73 Å². The minimum absolute atomic E-state index is 0.286. The van der Waals surface area contributed by atoms with Crippen LogP contribution in [0.2, 0.25) is 10.0 Å². The summed E-state index contributed by atoms with van der Waals surface area (Å²) in [6.07, 6.45) is -0.465. The molecule has 17 heavy (non-hydrogen) atoms. The second kappa shape index (κ2) is 6.10. The number of carbonyl (C=O) groups is 1. The van der Waals surface area contributed by atoms with Crippen molar-refractivity contribution < 1.29 is 14.6 Å². The summed E-state index contributed by atoms with van der Waals surface area (Å²) in [5.74, 6) is -0.730. The third-order valence-electron chi connectivity index (χ3n) is 2.14. The van der Waals surface area contributed by atoms with Gasteiger partial charge in [-0.3, -0.25) is 0 Å². The van der Waals surface area contributed by atoms with Gasteiger partial charge in [-0.2, -0.15) is 0 Å². The highest BCUT2D eigenvalue weighted by molar-refractivity contribution is 6.35. The molecule has 0 fully saturated rings. The van der Waals surface area contributed by atoms with Gasteiger partial charge in [0.05, 0.1) is 5.02 Å². The van der Waals surface area contributed by atoms with Gasteiger partial charge in [-0.15, -0.1) is 0 Å². The maximum absolute atomic E-state index is 10.7. The molecule has 0 aliphatic rings.